The summed E-state index contributed by atoms with van der Waals surface area (Å²) in [5.74, 6) is -0.0880. The van der Waals surface area contributed by atoms with Crippen LogP contribution in [0.2, 0.25) is 0 Å². The van der Waals surface area contributed by atoms with Crippen molar-refractivity contribution < 1.29 is 4.79 Å². The van der Waals surface area contributed by atoms with Crippen LogP contribution < -0.4 is 5.32 Å². The van der Waals surface area contributed by atoms with Crippen molar-refractivity contribution in [2.45, 2.75) is 20.8 Å². The van der Waals surface area contributed by atoms with Gasteiger partial charge in [0.2, 0.25) is 0 Å². The molecule has 74 valence electrons. The number of hydrazone groups is 1. The van der Waals surface area contributed by atoms with Gasteiger partial charge in [-0.15, -0.1) is 0 Å². The monoisotopic (exact) mass is 191 g/mol. The average molecular weight is 191 g/mol. The summed E-state index contributed by atoms with van der Waals surface area (Å²) >= 11 is 0. The minimum absolute atomic E-state index is 0.0880. The average Bonchev–Trinajstić information content (AvgIpc) is 2.06. The van der Waals surface area contributed by atoms with Crippen LogP contribution in [0.15, 0.2) is 28.8 Å². The van der Waals surface area contributed by atoms with Gasteiger partial charge in [0.05, 0.1) is 0 Å². The highest BCUT2D eigenvalue weighted by atomic mass is 16.2. The maximum Gasteiger partial charge on any atom is 0.273 e. The molecule has 0 aliphatic carbocycles. The first-order valence-corrected chi connectivity index (χ1v) is 4.55. The zero-order chi connectivity index (χ0) is 10.3. The maximum absolute atomic E-state index is 11.6. The van der Waals surface area contributed by atoms with Crippen LogP contribution in [0.1, 0.15) is 20.8 Å². The topological polar surface area (TPSA) is 44.7 Å². The number of allylic oxidation sites excluding steroid dienone is 2. The number of amides is 1. The largest absolute Gasteiger partial charge is 0.323 e. The van der Waals surface area contributed by atoms with Crippen LogP contribution in [-0.2, 0) is 4.79 Å². The van der Waals surface area contributed by atoms with Crippen molar-refractivity contribution in [3.8, 4) is 0 Å². The van der Waals surface area contributed by atoms with Gasteiger partial charge in [-0.05, 0) is 13.0 Å². The lowest BCUT2D eigenvalue weighted by molar-refractivity contribution is -0.118. The lowest BCUT2D eigenvalue weighted by Crippen LogP contribution is -2.38. The third-order valence-electron chi connectivity index (χ3n) is 2.13. The molecule has 1 amide bonds. The second-order valence-corrected chi connectivity index (χ2v) is 4.21. The van der Waals surface area contributed by atoms with E-state index in [2.05, 4.69) is 10.4 Å². The summed E-state index contributed by atoms with van der Waals surface area (Å²) in [6.07, 6.45) is 5.55. The molecule has 0 saturated heterocycles. The van der Waals surface area contributed by atoms with E-state index in [1.54, 1.807) is 11.2 Å². The predicted octanol–water partition coefficient (Wildman–Crippen LogP) is 1.19. The van der Waals surface area contributed by atoms with Gasteiger partial charge in [0.25, 0.3) is 5.91 Å². The van der Waals surface area contributed by atoms with Gasteiger partial charge >= 0.3 is 0 Å². The van der Waals surface area contributed by atoms with Crippen molar-refractivity contribution in [2.24, 2.45) is 10.5 Å². The predicted molar refractivity (Wildman–Crippen MR) is 54.1 cm³/mol. The Bertz CT molecular complexity index is 377. The lowest BCUT2D eigenvalue weighted by Gasteiger charge is -2.30. The molecule has 0 fully saturated rings. The van der Waals surface area contributed by atoms with Crippen LogP contribution in [0.5, 0.6) is 0 Å². The molecule has 0 aromatic carbocycles. The fourth-order valence-electron chi connectivity index (χ4n) is 1.46. The van der Waals surface area contributed by atoms with E-state index in [-0.39, 0.29) is 11.3 Å². The van der Waals surface area contributed by atoms with Crippen LogP contribution in [0, 0.1) is 5.41 Å². The molecule has 2 heterocycles. The third kappa shape index (κ3) is 1.43. The maximum atomic E-state index is 11.6. The number of hydrogen-bond donors (Lipinski definition) is 1. The Kier molecular flexibility index (Phi) is 1.74. The molecule has 1 N–H and O–H groups in total. The Labute approximate surface area is 83.0 Å². The molecular formula is C10H13N3O. The van der Waals surface area contributed by atoms with Crippen molar-refractivity contribution in [3.05, 3.63) is 23.7 Å². The molecular weight excluding hydrogens is 178 g/mol. The minimum atomic E-state index is -0.151. The molecule has 2 aliphatic rings. The molecule has 0 spiro atoms. The zero-order valence-electron chi connectivity index (χ0n) is 8.53. The number of carbonyl (C=O) groups is 1. The molecule has 0 aromatic rings. The van der Waals surface area contributed by atoms with Crippen LogP contribution in [0.4, 0.5) is 0 Å². The van der Waals surface area contributed by atoms with E-state index in [9.17, 15) is 4.79 Å². The summed E-state index contributed by atoms with van der Waals surface area (Å²) in [7, 11) is 0. The van der Waals surface area contributed by atoms with E-state index in [0.717, 1.165) is 5.70 Å². The molecule has 4 heteroatoms. The molecule has 0 aromatic heterocycles. The molecule has 4 nitrogen and oxygen atoms in total. The number of fused-ring (bicyclic) bond motifs is 1. The Balaban J connectivity index is 2.43. The number of hydrogen-bond acceptors (Lipinski definition) is 3. The highest BCUT2D eigenvalue weighted by Gasteiger charge is 2.28. The van der Waals surface area contributed by atoms with Crippen molar-refractivity contribution in [3.63, 3.8) is 0 Å². The van der Waals surface area contributed by atoms with E-state index in [0.29, 0.717) is 5.70 Å². The molecule has 14 heavy (non-hydrogen) atoms. The summed E-state index contributed by atoms with van der Waals surface area (Å²) in [5, 5.41) is 8.57. The van der Waals surface area contributed by atoms with Crippen LogP contribution in [0.25, 0.3) is 0 Å². The first-order valence-electron chi connectivity index (χ1n) is 4.55. The van der Waals surface area contributed by atoms with Gasteiger partial charge in [0, 0.05) is 23.5 Å². The molecule has 0 atom stereocenters. The van der Waals surface area contributed by atoms with E-state index in [1.807, 2.05) is 33.1 Å². The first kappa shape index (κ1) is 8.99. The first-order chi connectivity index (χ1) is 6.48. The van der Waals surface area contributed by atoms with Crippen molar-refractivity contribution in [1.29, 1.82) is 0 Å². The lowest BCUT2D eigenvalue weighted by atomic mass is 9.92. The third-order valence-corrected chi connectivity index (χ3v) is 2.13. The zero-order valence-corrected chi connectivity index (χ0v) is 8.53. The highest BCUT2D eigenvalue weighted by molar-refractivity contribution is 5.96. The smallest absolute Gasteiger partial charge is 0.273 e. The molecule has 0 unspecified atom stereocenters. The minimum Gasteiger partial charge on any atom is -0.323 e. The number of rotatable bonds is 0. The van der Waals surface area contributed by atoms with Crippen molar-refractivity contribution in [1.82, 2.24) is 10.3 Å². The van der Waals surface area contributed by atoms with Gasteiger partial charge in [-0.1, -0.05) is 13.8 Å². The molecule has 2 aliphatic heterocycles. The normalized spacial score (nSPS) is 23.6. The van der Waals surface area contributed by atoms with Gasteiger partial charge in [-0.3, -0.25) is 4.79 Å². The number of nitrogens with one attached hydrogen (secondary N) is 1. The summed E-state index contributed by atoms with van der Waals surface area (Å²) in [6, 6.07) is 0. The number of carbonyl (C=O) groups excluding carboxylic acids is 1. The van der Waals surface area contributed by atoms with Gasteiger partial charge in [-0.25, -0.2) is 5.01 Å². The fourth-order valence-corrected chi connectivity index (χ4v) is 1.46. The quantitative estimate of drug-likeness (QED) is 0.625. The van der Waals surface area contributed by atoms with Crippen molar-refractivity contribution in [2.75, 3.05) is 0 Å². The van der Waals surface area contributed by atoms with Crippen LogP contribution in [-0.4, -0.2) is 17.1 Å². The van der Waals surface area contributed by atoms with Gasteiger partial charge in [0.1, 0.15) is 5.70 Å². The Hall–Kier alpha value is -1.58. The standard InChI is InChI=1S/C10H13N3O/c1-7-5-13-8(9(14)12-7)4-10(2,3)6-11-13/h4-6H,1-3H3,(H,12,14). The van der Waals surface area contributed by atoms with E-state index >= 15 is 0 Å². The van der Waals surface area contributed by atoms with Crippen molar-refractivity contribution >= 4 is 12.1 Å². The second-order valence-electron chi connectivity index (χ2n) is 4.21. The Morgan fingerprint density at radius 1 is 1.50 bits per heavy atom. The van der Waals surface area contributed by atoms with Gasteiger partial charge < -0.3 is 5.32 Å². The summed E-state index contributed by atoms with van der Waals surface area (Å²) in [6.45, 7) is 5.86. The van der Waals surface area contributed by atoms with E-state index in [4.69, 9.17) is 0 Å². The summed E-state index contributed by atoms with van der Waals surface area (Å²) in [5.41, 5.74) is 1.26. The fraction of sp³-hybridized carbons (Fsp3) is 0.400. The van der Waals surface area contributed by atoms with E-state index in [1.165, 1.54) is 0 Å². The van der Waals surface area contributed by atoms with Gasteiger partial charge in [-0.2, -0.15) is 5.10 Å². The van der Waals surface area contributed by atoms with Crippen LogP contribution >= 0.6 is 0 Å². The molecule has 0 saturated carbocycles. The molecule has 0 radical (unpaired) electrons. The summed E-state index contributed by atoms with van der Waals surface area (Å²) in [4.78, 5) is 11.6. The van der Waals surface area contributed by atoms with Crippen LogP contribution in [0.3, 0.4) is 0 Å². The summed E-state index contributed by atoms with van der Waals surface area (Å²) < 4.78 is 0. The molecule has 2 rings (SSSR count). The Morgan fingerprint density at radius 2 is 2.21 bits per heavy atom. The second kappa shape index (κ2) is 2.70. The van der Waals surface area contributed by atoms with E-state index < -0.39 is 0 Å². The van der Waals surface area contributed by atoms with Gasteiger partial charge in [0.15, 0.2) is 0 Å². The highest BCUT2D eigenvalue weighted by Crippen LogP contribution is 2.26. The SMILES string of the molecule is CC1=CN2N=CC(C)(C)C=C2C(=O)N1. The Morgan fingerprint density at radius 3 is 2.93 bits per heavy atom. The number of nitrogens with zero attached hydrogens (tertiary/aromatic N) is 2. The molecule has 0 bridgehead atoms.